The molecule has 0 aliphatic carbocycles. The molecular formula is C21H22Cl2N3O2+. The zero-order valence-corrected chi connectivity index (χ0v) is 17.1. The van der Waals surface area contributed by atoms with E-state index in [1.807, 2.05) is 43.3 Å². The molecule has 1 N–H and O–H groups in total. The van der Waals surface area contributed by atoms with E-state index in [0.717, 1.165) is 37.4 Å². The number of aryl methyl sites for hydroxylation is 1. The van der Waals surface area contributed by atoms with Crippen molar-refractivity contribution >= 4 is 46.4 Å². The Hall–Kier alpha value is -2.08. The number of nitrogens with zero attached hydrogens (tertiary/aromatic N) is 2. The first-order chi connectivity index (χ1) is 13.4. The van der Waals surface area contributed by atoms with E-state index in [1.165, 1.54) is 9.80 Å². The Balaban J connectivity index is 1.44. The Kier molecular flexibility index (Phi) is 5.32. The number of quaternary nitrogens is 1. The molecular weight excluding hydrogens is 397 g/mol. The summed E-state index contributed by atoms with van der Waals surface area (Å²) in [5.74, 6) is -0.200. The number of carbonyl (C=O) groups is 2. The van der Waals surface area contributed by atoms with Gasteiger partial charge in [0.2, 0.25) is 5.91 Å². The summed E-state index contributed by atoms with van der Waals surface area (Å²) in [5, 5.41) is 1.08. The van der Waals surface area contributed by atoms with Gasteiger partial charge >= 0.3 is 0 Å². The van der Waals surface area contributed by atoms with Crippen LogP contribution in [0.3, 0.4) is 0 Å². The highest BCUT2D eigenvalue weighted by Crippen LogP contribution is 2.27. The molecule has 5 nitrogen and oxygen atoms in total. The molecule has 2 saturated heterocycles. The van der Waals surface area contributed by atoms with Gasteiger partial charge in [0.25, 0.3) is 5.91 Å². The molecule has 1 atom stereocenters. The maximum Gasteiger partial charge on any atom is 0.292 e. The number of benzene rings is 2. The van der Waals surface area contributed by atoms with Crippen LogP contribution in [0.25, 0.3) is 0 Å². The first-order valence-electron chi connectivity index (χ1n) is 9.42. The molecule has 2 amide bonds. The molecule has 2 aliphatic rings. The predicted molar refractivity (Wildman–Crippen MR) is 111 cm³/mol. The SMILES string of the molecule is Cc1cccc(N2C(=O)C[C@@H]([NH+]3CCN(c4ccc(Cl)c(Cl)c4)CC3)C2=O)c1. The predicted octanol–water partition coefficient (Wildman–Crippen LogP) is 2.34. The van der Waals surface area contributed by atoms with Crippen LogP contribution < -0.4 is 14.7 Å². The Morgan fingerprint density at radius 3 is 2.39 bits per heavy atom. The summed E-state index contributed by atoms with van der Waals surface area (Å²) in [7, 11) is 0. The van der Waals surface area contributed by atoms with Gasteiger partial charge in [-0.15, -0.1) is 0 Å². The average Bonchev–Trinajstić information content (AvgIpc) is 2.98. The second-order valence-electron chi connectivity index (χ2n) is 7.41. The molecule has 2 aliphatic heterocycles. The molecule has 2 heterocycles. The van der Waals surface area contributed by atoms with E-state index < -0.39 is 0 Å². The molecule has 0 radical (unpaired) electrons. The number of anilines is 2. The minimum absolute atomic E-state index is 0.0893. The van der Waals surface area contributed by atoms with Crippen molar-refractivity contribution < 1.29 is 14.5 Å². The van der Waals surface area contributed by atoms with Gasteiger partial charge in [-0.3, -0.25) is 9.59 Å². The molecule has 28 heavy (non-hydrogen) atoms. The van der Waals surface area contributed by atoms with Crippen molar-refractivity contribution in [1.29, 1.82) is 0 Å². The number of hydrogen-bond acceptors (Lipinski definition) is 3. The number of hydrogen-bond donors (Lipinski definition) is 1. The first kappa shape index (κ1) is 19.2. The van der Waals surface area contributed by atoms with E-state index in [1.54, 1.807) is 6.07 Å². The highest BCUT2D eigenvalue weighted by Gasteiger charge is 2.46. The third-order valence-corrected chi connectivity index (χ3v) is 6.31. The standard InChI is InChI=1S/C21H21Cl2N3O2/c1-14-3-2-4-16(11-14)26-20(27)13-19(21(26)28)25-9-7-24(8-10-25)15-5-6-17(22)18(23)12-15/h2-6,11-12,19H,7-10,13H2,1H3/p+1/t19-/m1/s1. The third-order valence-electron chi connectivity index (χ3n) is 5.57. The van der Waals surface area contributed by atoms with E-state index in [2.05, 4.69) is 4.90 Å². The van der Waals surface area contributed by atoms with Crippen molar-refractivity contribution in [2.75, 3.05) is 36.0 Å². The number of carbonyl (C=O) groups excluding carboxylic acids is 2. The van der Waals surface area contributed by atoms with E-state index in [4.69, 9.17) is 23.2 Å². The summed E-state index contributed by atoms with van der Waals surface area (Å²) in [4.78, 5) is 30.3. The van der Waals surface area contributed by atoms with Crippen LogP contribution in [0.4, 0.5) is 11.4 Å². The molecule has 146 valence electrons. The Labute approximate surface area is 174 Å². The fraction of sp³-hybridized carbons (Fsp3) is 0.333. The lowest BCUT2D eigenvalue weighted by Crippen LogP contribution is -3.19. The van der Waals surface area contributed by atoms with E-state index >= 15 is 0 Å². The lowest BCUT2D eigenvalue weighted by atomic mass is 10.1. The number of amides is 2. The highest BCUT2D eigenvalue weighted by atomic mass is 35.5. The topological polar surface area (TPSA) is 45.1 Å². The molecule has 0 saturated carbocycles. The number of rotatable bonds is 3. The lowest BCUT2D eigenvalue weighted by Gasteiger charge is -2.35. The number of halogens is 2. The molecule has 4 rings (SSSR count). The third kappa shape index (κ3) is 3.62. The Morgan fingerprint density at radius 1 is 0.964 bits per heavy atom. The second-order valence-corrected chi connectivity index (χ2v) is 8.22. The van der Waals surface area contributed by atoms with Crippen molar-refractivity contribution in [3.05, 3.63) is 58.1 Å². The number of imide groups is 1. The van der Waals surface area contributed by atoms with Gasteiger partial charge in [0, 0.05) is 5.69 Å². The summed E-state index contributed by atoms with van der Waals surface area (Å²) in [5.41, 5.74) is 2.74. The van der Waals surface area contributed by atoms with Crippen LogP contribution in [0.2, 0.25) is 10.0 Å². The van der Waals surface area contributed by atoms with Gasteiger partial charge in [-0.05, 0) is 42.8 Å². The van der Waals surface area contributed by atoms with E-state index in [9.17, 15) is 9.59 Å². The zero-order chi connectivity index (χ0) is 19.8. The van der Waals surface area contributed by atoms with Crippen LogP contribution in [0.1, 0.15) is 12.0 Å². The Morgan fingerprint density at radius 2 is 1.71 bits per heavy atom. The maximum absolute atomic E-state index is 13.0. The van der Waals surface area contributed by atoms with Crippen LogP contribution >= 0.6 is 23.2 Å². The monoisotopic (exact) mass is 418 g/mol. The first-order valence-corrected chi connectivity index (χ1v) is 10.2. The molecule has 2 aromatic rings. The molecule has 2 aromatic carbocycles. The van der Waals surface area contributed by atoms with Gasteiger partial charge in [-0.2, -0.15) is 0 Å². The number of nitrogens with one attached hydrogen (secondary N) is 1. The van der Waals surface area contributed by atoms with E-state index in [0.29, 0.717) is 15.7 Å². The average molecular weight is 419 g/mol. The van der Waals surface area contributed by atoms with Crippen molar-refractivity contribution in [1.82, 2.24) is 0 Å². The second kappa shape index (κ2) is 7.74. The van der Waals surface area contributed by atoms with Crippen molar-refractivity contribution in [3.8, 4) is 0 Å². The minimum atomic E-state index is -0.302. The molecule has 0 aromatic heterocycles. The van der Waals surface area contributed by atoms with Crippen molar-refractivity contribution in [2.24, 2.45) is 0 Å². The van der Waals surface area contributed by atoms with Crippen LogP contribution in [0.5, 0.6) is 0 Å². The van der Waals surface area contributed by atoms with Gasteiger partial charge in [-0.1, -0.05) is 35.3 Å². The summed E-state index contributed by atoms with van der Waals surface area (Å²) < 4.78 is 0. The van der Waals surface area contributed by atoms with Gasteiger partial charge in [0.15, 0.2) is 6.04 Å². The van der Waals surface area contributed by atoms with Crippen molar-refractivity contribution in [3.63, 3.8) is 0 Å². The molecule has 7 heteroatoms. The van der Waals surface area contributed by atoms with E-state index in [-0.39, 0.29) is 24.3 Å². The lowest BCUT2D eigenvalue weighted by molar-refractivity contribution is -0.915. The van der Waals surface area contributed by atoms with Crippen LogP contribution in [0.15, 0.2) is 42.5 Å². The zero-order valence-electron chi connectivity index (χ0n) is 15.6. The van der Waals surface area contributed by atoms with Gasteiger partial charge in [0.1, 0.15) is 0 Å². The van der Waals surface area contributed by atoms with Crippen LogP contribution in [0, 0.1) is 6.92 Å². The largest absolute Gasteiger partial charge is 0.360 e. The summed E-state index contributed by atoms with van der Waals surface area (Å²) in [6.45, 7) is 5.15. The highest BCUT2D eigenvalue weighted by molar-refractivity contribution is 6.42. The molecule has 0 unspecified atom stereocenters. The normalized spacial score (nSPS) is 20.9. The van der Waals surface area contributed by atoms with Gasteiger partial charge < -0.3 is 9.80 Å². The molecule has 0 bridgehead atoms. The van der Waals surface area contributed by atoms with Gasteiger partial charge in [-0.25, -0.2) is 4.90 Å². The van der Waals surface area contributed by atoms with Crippen LogP contribution in [-0.4, -0.2) is 44.0 Å². The summed E-state index contributed by atoms with van der Waals surface area (Å²) in [6, 6.07) is 12.9. The quantitative estimate of drug-likeness (QED) is 0.777. The fourth-order valence-corrected chi connectivity index (χ4v) is 4.36. The minimum Gasteiger partial charge on any atom is -0.360 e. The fourth-order valence-electron chi connectivity index (χ4n) is 4.07. The maximum atomic E-state index is 13.0. The molecule has 0 spiro atoms. The smallest absolute Gasteiger partial charge is 0.292 e. The summed E-state index contributed by atoms with van der Waals surface area (Å²) >= 11 is 12.1. The molecule has 2 fully saturated rings. The summed E-state index contributed by atoms with van der Waals surface area (Å²) in [6.07, 6.45) is 0.273. The van der Waals surface area contributed by atoms with Crippen LogP contribution in [-0.2, 0) is 9.59 Å². The number of piperazine rings is 1. The van der Waals surface area contributed by atoms with Gasteiger partial charge in [0.05, 0.1) is 48.3 Å². The Bertz CT molecular complexity index is 926. The van der Waals surface area contributed by atoms with Crippen molar-refractivity contribution in [2.45, 2.75) is 19.4 Å².